The molecule has 8 heteroatoms. The average molecular weight is 422 g/mol. The van der Waals surface area contributed by atoms with E-state index in [-0.39, 0.29) is 30.9 Å². The SMILES string of the molecule is CN(CCCNC(=O)COC(=O)CCc1nc2ccccc2c(=O)[nH]1)c1ccccc1. The summed E-state index contributed by atoms with van der Waals surface area (Å²) in [6, 6.07) is 17.0. The first-order valence-corrected chi connectivity index (χ1v) is 10.2. The Hall–Kier alpha value is -3.68. The Balaban J connectivity index is 1.33. The highest BCUT2D eigenvalue weighted by Crippen LogP contribution is 2.10. The zero-order valence-corrected chi connectivity index (χ0v) is 17.5. The standard InChI is InChI=1S/C23H26N4O4/c1-27(17-8-3-2-4-9-17)15-7-14-24-21(28)16-31-22(29)13-12-20-25-19-11-6-5-10-18(19)23(30)26-20/h2-6,8-11H,7,12-16H2,1H3,(H,24,28)(H,25,26,30). The van der Waals surface area contributed by atoms with Gasteiger partial charge in [0, 0.05) is 32.2 Å². The first kappa shape index (κ1) is 22.0. The second-order valence-electron chi connectivity index (χ2n) is 7.15. The van der Waals surface area contributed by atoms with Gasteiger partial charge in [-0.25, -0.2) is 4.98 Å². The van der Waals surface area contributed by atoms with Crippen molar-refractivity contribution in [3.63, 3.8) is 0 Å². The smallest absolute Gasteiger partial charge is 0.306 e. The van der Waals surface area contributed by atoms with Gasteiger partial charge in [-0.15, -0.1) is 0 Å². The zero-order chi connectivity index (χ0) is 22.1. The predicted molar refractivity (Wildman–Crippen MR) is 119 cm³/mol. The number of fused-ring (bicyclic) bond motifs is 1. The molecular formula is C23H26N4O4. The minimum absolute atomic E-state index is 0.0242. The lowest BCUT2D eigenvalue weighted by Crippen LogP contribution is -2.31. The van der Waals surface area contributed by atoms with Gasteiger partial charge < -0.3 is 19.9 Å². The minimum atomic E-state index is -0.519. The van der Waals surface area contributed by atoms with Crippen LogP contribution in [0.25, 0.3) is 10.9 Å². The molecule has 31 heavy (non-hydrogen) atoms. The lowest BCUT2D eigenvalue weighted by molar-refractivity contribution is -0.148. The molecule has 2 N–H and O–H groups in total. The van der Waals surface area contributed by atoms with Crippen LogP contribution >= 0.6 is 0 Å². The average Bonchev–Trinajstić information content (AvgIpc) is 2.79. The van der Waals surface area contributed by atoms with Crippen LogP contribution in [-0.2, 0) is 20.7 Å². The van der Waals surface area contributed by atoms with Crippen LogP contribution in [0.2, 0.25) is 0 Å². The fourth-order valence-electron chi connectivity index (χ4n) is 3.10. The number of aromatic nitrogens is 2. The number of nitrogens with one attached hydrogen (secondary N) is 2. The summed E-state index contributed by atoms with van der Waals surface area (Å²) in [6.07, 6.45) is 1.02. The molecule has 0 aliphatic rings. The molecular weight excluding hydrogens is 396 g/mol. The summed E-state index contributed by atoms with van der Waals surface area (Å²) in [6.45, 7) is 0.964. The van der Waals surface area contributed by atoms with Crippen LogP contribution in [0.1, 0.15) is 18.7 Å². The Labute approximate surface area is 180 Å². The van der Waals surface area contributed by atoms with Crippen molar-refractivity contribution in [2.24, 2.45) is 0 Å². The Morgan fingerprint density at radius 3 is 2.65 bits per heavy atom. The van der Waals surface area contributed by atoms with Crippen LogP contribution in [0.3, 0.4) is 0 Å². The Kier molecular flexibility index (Phi) is 7.75. The van der Waals surface area contributed by atoms with Crippen molar-refractivity contribution >= 4 is 28.5 Å². The van der Waals surface area contributed by atoms with E-state index in [0.717, 1.165) is 18.7 Å². The molecule has 0 saturated carbocycles. The number of para-hydroxylation sites is 2. The normalized spacial score (nSPS) is 10.6. The van der Waals surface area contributed by atoms with Gasteiger partial charge in [-0.2, -0.15) is 0 Å². The minimum Gasteiger partial charge on any atom is -0.456 e. The molecule has 3 rings (SSSR count). The molecule has 1 aromatic heterocycles. The first-order chi connectivity index (χ1) is 15.0. The highest BCUT2D eigenvalue weighted by Gasteiger charge is 2.10. The molecule has 0 unspecified atom stereocenters. The molecule has 0 spiro atoms. The van der Waals surface area contributed by atoms with Crippen LogP contribution < -0.4 is 15.8 Å². The Morgan fingerprint density at radius 1 is 1.10 bits per heavy atom. The maximum atomic E-state index is 12.0. The summed E-state index contributed by atoms with van der Waals surface area (Å²) in [4.78, 5) is 44.9. The van der Waals surface area contributed by atoms with Crippen molar-refractivity contribution in [2.75, 3.05) is 31.6 Å². The highest BCUT2D eigenvalue weighted by atomic mass is 16.5. The topological polar surface area (TPSA) is 104 Å². The molecule has 2 aromatic carbocycles. The largest absolute Gasteiger partial charge is 0.456 e. The molecule has 1 amide bonds. The van der Waals surface area contributed by atoms with Gasteiger partial charge in [0.1, 0.15) is 5.82 Å². The maximum absolute atomic E-state index is 12.0. The number of amides is 1. The van der Waals surface area contributed by atoms with E-state index in [9.17, 15) is 14.4 Å². The molecule has 0 aliphatic heterocycles. The third-order valence-corrected chi connectivity index (χ3v) is 4.78. The number of carbonyl (C=O) groups is 2. The van der Waals surface area contributed by atoms with E-state index in [1.807, 2.05) is 37.4 Å². The molecule has 1 heterocycles. The quantitative estimate of drug-likeness (QED) is 0.383. The molecule has 0 saturated heterocycles. The van der Waals surface area contributed by atoms with Gasteiger partial charge >= 0.3 is 5.97 Å². The lowest BCUT2D eigenvalue weighted by Gasteiger charge is -2.19. The van der Waals surface area contributed by atoms with E-state index >= 15 is 0 Å². The van der Waals surface area contributed by atoms with Gasteiger partial charge in [0.05, 0.1) is 17.3 Å². The molecule has 0 aliphatic carbocycles. The number of esters is 1. The molecule has 0 fully saturated rings. The van der Waals surface area contributed by atoms with E-state index in [1.54, 1.807) is 24.3 Å². The molecule has 0 bridgehead atoms. The second-order valence-corrected chi connectivity index (χ2v) is 7.15. The number of benzene rings is 2. The van der Waals surface area contributed by atoms with E-state index in [4.69, 9.17) is 4.74 Å². The Bertz CT molecular complexity index is 1080. The first-order valence-electron chi connectivity index (χ1n) is 10.2. The van der Waals surface area contributed by atoms with Crippen LogP contribution in [-0.4, -0.2) is 48.6 Å². The summed E-state index contributed by atoms with van der Waals surface area (Å²) in [5, 5.41) is 3.24. The zero-order valence-electron chi connectivity index (χ0n) is 17.5. The number of aromatic amines is 1. The second kappa shape index (κ2) is 10.9. The van der Waals surface area contributed by atoms with Crippen LogP contribution in [0, 0.1) is 0 Å². The van der Waals surface area contributed by atoms with E-state index in [1.165, 1.54) is 0 Å². The number of hydrogen-bond donors (Lipinski definition) is 2. The van der Waals surface area contributed by atoms with Gasteiger partial charge in [-0.3, -0.25) is 14.4 Å². The summed E-state index contributed by atoms with van der Waals surface area (Å²) >= 11 is 0. The van der Waals surface area contributed by atoms with Crippen molar-refractivity contribution in [2.45, 2.75) is 19.3 Å². The van der Waals surface area contributed by atoms with E-state index < -0.39 is 5.97 Å². The number of carbonyl (C=O) groups excluding carboxylic acids is 2. The summed E-state index contributed by atoms with van der Waals surface area (Å²) in [5.74, 6) is -0.449. The molecule has 3 aromatic rings. The molecule has 0 radical (unpaired) electrons. The van der Waals surface area contributed by atoms with Crippen molar-refractivity contribution < 1.29 is 14.3 Å². The number of H-pyrrole nitrogens is 1. The third kappa shape index (κ3) is 6.67. The molecule has 8 nitrogen and oxygen atoms in total. The number of rotatable bonds is 10. The van der Waals surface area contributed by atoms with Crippen molar-refractivity contribution in [1.82, 2.24) is 15.3 Å². The summed E-state index contributed by atoms with van der Waals surface area (Å²) in [5.41, 5.74) is 1.45. The summed E-state index contributed by atoms with van der Waals surface area (Å²) < 4.78 is 5.01. The number of aryl methyl sites for hydroxylation is 1. The van der Waals surface area contributed by atoms with Gasteiger partial charge in [0.2, 0.25) is 0 Å². The van der Waals surface area contributed by atoms with Gasteiger partial charge in [0.15, 0.2) is 6.61 Å². The van der Waals surface area contributed by atoms with E-state index in [2.05, 4.69) is 20.2 Å². The van der Waals surface area contributed by atoms with Crippen molar-refractivity contribution in [3.8, 4) is 0 Å². The van der Waals surface area contributed by atoms with Gasteiger partial charge in [-0.1, -0.05) is 30.3 Å². The number of anilines is 1. The van der Waals surface area contributed by atoms with Crippen LogP contribution in [0.4, 0.5) is 5.69 Å². The maximum Gasteiger partial charge on any atom is 0.306 e. The van der Waals surface area contributed by atoms with Crippen molar-refractivity contribution in [3.05, 3.63) is 70.8 Å². The number of nitrogens with zero attached hydrogens (tertiary/aromatic N) is 2. The number of ether oxygens (including phenoxy) is 1. The fraction of sp³-hybridized carbons (Fsp3) is 0.304. The number of hydrogen-bond acceptors (Lipinski definition) is 6. The molecule has 0 atom stereocenters. The van der Waals surface area contributed by atoms with E-state index in [0.29, 0.717) is 23.3 Å². The predicted octanol–water partition coefficient (Wildman–Crippen LogP) is 2.04. The third-order valence-electron chi connectivity index (χ3n) is 4.78. The Morgan fingerprint density at radius 2 is 1.84 bits per heavy atom. The fourth-order valence-corrected chi connectivity index (χ4v) is 3.10. The van der Waals surface area contributed by atoms with Crippen LogP contribution in [0.15, 0.2) is 59.4 Å². The molecule has 162 valence electrons. The monoisotopic (exact) mass is 422 g/mol. The van der Waals surface area contributed by atoms with Gasteiger partial charge in [0.25, 0.3) is 11.5 Å². The van der Waals surface area contributed by atoms with Gasteiger partial charge in [-0.05, 0) is 30.7 Å². The summed E-state index contributed by atoms with van der Waals surface area (Å²) in [7, 11) is 2.00. The highest BCUT2D eigenvalue weighted by molar-refractivity contribution is 5.80. The van der Waals surface area contributed by atoms with Crippen molar-refractivity contribution in [1.29, 1.82) is 0 Å². The van der Waals surface area contributed by atoms with Crippen LogP contribution in [0.5, 0.6) is 0 Å². The lowest BCUT2D eigenvalue weighted by atomic mass is 10.2.